The van der Waals surface area contributed by atoms with Crippen LogP contribution in [-0.2, 0) is 21.2 Å². The third-order valence-electron chi connectivity index (χ3n) is 3.90. The summed E-state index contributed by atoms with van der Waals surface area (Å²) >= 11 is 0. The zero-order valence-corrected chi connectivity index (χ0v) is 13.8. The first-order valence-corrected chi connectivity index (χ1v) is 9.47. The number of aromatic nitrogens is 2. The van der Waals surface area contributed by atoms with Crippen molar-refractivity contribution in [2.75, 3.05) is 19.3 Å². The predicted molar refractivity (Wildman–Crippen MR) is 86.5 cm³/mol. The van der Waals surface area contributed by atoms with Crippen LogP contribution in [0.4, 0.5) is 0 Å². The lowest BCUT2D eigenvalue weighted by atomic mass is 10.1. The van der Waals surface area contributed by atoms with Gasteiger partial charge in [0.05, 0.1) is 18.4 Å². The second-order valence-corrected chi connectivity index (χ2v) is 7.72. The Labute approximate surface area is 135 Å². The normalized spacial score (nSPS) is 19.2. The minimum Gasteiger partial charge on any atom is -0.341 e. The van der Waals surface area contributed by atoms with Crippen molar-refractivity contribution >= 4 is 21.6 Å². The van der Waals surface area contributed by atoms with Gasteiger partial charge in [0.25, 0.3) is 0 Å². The van der Waals surface area contributed by atoms with Crippen molar-refractivity contribution in [3.05, 3.63) is 36.3 Å². The minimum absolute atomic E-state index is 0.0200. The van der Waals surface area contributed by atoms with Crippen molar-refractivity contribution in [3.63, 3.8) is 0 Å². The lowest BCUT2D eigenvalue weighted by molar-refractivity contribution is -0.131. The molecule has 1 atom stereocenters. The fourth-order valence-corrected chi connectivity index (χ4v) is 3.74. The number of fused-ring (bicyclic) bond motifs is 1. The lowest BCUT2D eigenvalue weighted by Gasteiger charge is -2.32. The molecule has 0 saturated carbocycles. The van der Waals surface area contributed by atoms with Gasteiger partial charge >= 0.3 is 0 Å². The smallest absolute Gasteiger partial charge is 0.228 e. The Morgan fingerprint density at radius 3 is 3.00 bits per heavy atom. The maximum absolute atomic E-state index is 12.5. The van der Waals surface area contributed by atoms with Gasteiger partial charge in [-0.3, -0.25) is 4.79 Å². The SMILES string of the molecule is CS(=O)(=O)NC1CCCN(C(=O)Cc2cn3ccccc3n2)C1. The largest absolute Gasteiger partial charge is 0.341 e. The molecule has 23 heavy (non-hydrogen) atoms. The van der Waals surface area contributed by atoms with Crippen molar-refractivity contribution < 1.29 is 13.2 Å². The Balaban J connectivity index is 1.65. The Kier molecular flexibility index (Phi) is 4.36. The van der Waals surface area contributed by atoms with Gasteiger partial charge in [-0.05, 0) is 25.0 Å². The molecule has 8 heteroatoms. The fraction of sp³-hybridized carbons (Fsp3) is 0.467. The molecule has 2 aromatic heterocycles. The predicted octanol–water partition coefficient (Wildman–Crippen LogP) is 0.417. The molecular formula is C15H20N4O3S. The number of nitrogens with one attached hydrogen (secondary N) is 1. The highest BCUT2D eigenvalue weighted by molar-refractivity contribution is 7.88. The van der Waals surface area contributed by atoms with E-state index in [1.807, 2.05) is 35.0 Å². The Morgan fingerprint density at radius 2 is 2.26 bits per heavy atom. The van der Waals surface area contributed by atoms with Crippen LogP contribution in [0.3, 0.4) is 0 Å². The number of pyridine rings is 1. The van der Waals surface area contributed by atoms with Gasteiger partial charge in [-0.25, -0.2) is 18.1 Å². The van der Waals surface area contributed by atoms with E-state index in [1.165, 1.54) is 0 Å². The van der Waals surface area contributed by atoms with Crippen LogP contribution >= 0.6 is 0 Å². The molecular weight excluding hydrogens is 316 g/mol. The zero-order valence-electron chi connectivity index (χ0n) is 13.0. The monoisotopic (exact) mass is 336 g/mol. The molecule has 3 heterocycles. The van der Waals surface area contributed by atoms with Gasteiger partial charge in [-0.15, -0.1) is 0 Å². The number of carbonyl (C=O) groups excluding carboxylic acids is 1. The van der Waals surface area contributed by atoms with Crippen LogP contribution in [0.2, 0.25) is 0 Å². The van der Waals surface area contributed by atoms with Crippen molar-refractivity contribution in [1.29, 1.82) is 0 Å². The van der Waals surface area contributed by atoms with Crippen LogP contribution in [-0.4, -0.2) is 54.0 Å². The summed E-state index contributed by atoms with van der Waals surface area (Å²) in [5.74, 6) is -0.0200. The van der Waals surface area contributed by atoms with Crippen molar-refractivity contribution in [1.82, 2.24) is 19.0 Å². The molecule has 1 aliphatic rings. The van der Waals surface area contributed by atoms with E-state index in [4.69, 9.17) is 0 Å². The summed E-state index contributed by atoms with van der Waals surface area (Å²) in [6.45, 7) is 1.08. The highest BCUT2D eigenvalue weighted by Crippen LogP contribution is 2.13. The molecule has 0 aliphatic carbocycles. The van der Waals surface area contributed by atoms with Crippen LogP contribution in [0, 0.1) is 0 Å². The molecule has 124 valence electrons. The average Bonchev–Trinajstić information content (AvgIpc) is 2.87. The number of hydrogen-bond acceptors (Lipinski definition) is 4. The molecule has 0 bridgehead atoms. The fourth-order valence-electron chi connectivity index (χ4n) is 2.94. The van der Waals surface area contributed by atoms with E-state index in [-0.39, 0.29) is 18.4 Å². The van der Waals surface area contributed by atoms with E-state index in [0.717, 1.165) is 30.4 Å². The van der Waals surface area contributed by atoms with Crippen LogP contribution in [0.1, 0.15) is 18.5 Å². The minimum atomic E-state index is -3.25. The molecule has 1 saturated heterocycles. The molecule has 0 spiro atoms. The number of hydrogen-bond donors (Lipinski definition) is 1. The van der Waals surface area contributed by atoms with E-state index < -0.39 is 10.0 Å². The number of piperidine rings is 1. The first kappa shape index (κ1) is 15.9. The lowest BCUT2D eigenvalue weighted by Crippen LogP contribution is -2.49. The number of nitrogens with zero attached hydrogens (tertiary/aromatic N) is 3. The maximum Gasteiger partial charge on any atom is 0.228 e. The number of carbonyl (C=O) groups is 1. The van der Waals surface area contributed by atoms with E-state index in [2.05, 4.69) is 9.71 Å². The second kappa shape index (κ2) is 6.29. The highest BCUT2D eigenvalue weighted by Gasteiger charge is 2.25. The number of rotatable bonds is 4. The molecule has 1 aliphatic heterocycles. The van der Waals surface area contributed by atoms with Gasteiger partial charge < -0.3 is 9.30 Å². The molecule has 7 nitrogen and oxygen atoms in total. The summed E-state index contributed by atoms with van der Waals surface area (Å²) in [4.78, 5) is 18.6. The maximum atomic E-state index is 12.5. The second-order valence-electron chi connectivity index (χ2n) is 5.94. The van der Waals surface area contributed by atoms with E-state index in [9.17, 15) is 13.2 Å². The highest BCUT2D eigenvalue weighted by atomic mass is 32.2. The summed E-state index contributed by atoms with van der Waals surface area (Å²) in [7, 11) is -3.25. The van der Waals surface area contributed by atoms with Crippen molar-refractivity contribution in [3.8, 4) is 0 Å². The summed E-state index contributed by atoms with van der Waals surface area (Å²) in [5.41, 5.74) is 1.53. The molecule has 2 aromatic rings. The van der Waals surface area contributed by atoms with Crippen molar-refractivity contribution in [2.45, 2.75) is 25.3 Å². The molecule has 3 rings (SSSR count). The van der Waals surface area contributed by atoms with Crippen LogP contribution in [0.25, 0.3) is 5.65 Å². The Morgan fingerprint density at radius 1 is 1.43 bits per heavy atom. The zero-order chi connectivity index (χ0) is 16.4. The topological polar surface area (TPSA) is 83.8 Å². The Hall–Kier alpha value is -1.93. The van der Waals surface area contributed by atoms with E-state index in [1.54, 1.807) is 4.90 Å². The van der Waals surface area contributed by atoms with Crippen LogP contribution < -0.4 is 4.72 Å². The third kappa shape index (κ3) is 4.08. The van der Waals surface area contributed by atoms with Crippen LogP contribution in [0.5, 0.6) is 0 Å². The van der Waals surface area contributed by atoms with Crippen LogP contribution in [0.15, 0.2) is 30.6 Å². The van der Waals surface area contributed by atoms with Gasteiger partial charge in [-0.2, -0.15) is 0 Å². The summed E-state index contributed by atoms with van der Waals surface area (Å²) < 4.78 is 27.1. The number of imidazole rings is 1. The molecule has 1 fully saturated rings. The first-order valence-electron chi connectivity index (χ1n) is 7.58. The standard InChI is InChI=1S/C15H20N4O3S/c1-23(21,22)17-12-5-4-8-19(10-12)15(20)9-13-11-18-7-3-2-6-14(18)16-13/h2-3,6-7,11-12,17H,4-5,8-10H2,1H3. The number of sulfonamides is 1. The quantitative estimate of drug-likeness (QED) is 0.877. The molecule has 1 N–H and O–H groups in total. The molecule has 1 unspecified atom stereocenters. The number of amides is 1. The molecule has 0 radical (unpaired) electrons. The van der Waals surface area contributed by atoms with E-state index >= 15 is 0 Å². The first-order chi connectivity index (χ1) is 10.9. The summed E-state index contributed by atoms with van der Waals surface area (Å²) in [6.07, 6.45) is 6.67. The molecule has 0 aromatic carbocycles. The third-order valence-corrected chi connectivity index (χ3v) is 4.66. The van der Waals surface area contributed by atoms with Gasteiger partial charge in [-0.1, -0.05) is 6.07 Å². The van der Waals surface area contributed by atoms with Gasteiger partial charge in [0.15, 0.2) is 0 Å². The van der Waals surface area contributed by atoms with E-state index in [0.29, 0.717) is 13.1 Å². The summed E-state index contributed by atoms with van der Waals surface area (Å²) in [5, 5.41) is 0. The number of likely N-dealkylation sites (tertiary alicyclic amines) is 1. The Bertz CT molecular complexity index is 782. The van der Waals surface area contributed by atoms with Gasteiger partial charge in [0.1, 0.15) is 5.65 Å². The van der Waals surface area contributed by atoms with Gasteiger partial charge in [0, 0.05) is 31.5 Å². The average molecular weight is 336 g/mol. The summed E-state index contributed by atoms with van der Waals surface area (Å²) in [6, 6.07) is 5.50. The van der Waals surface area contributed by atoms with Gasteiger partial charge in [0.2, 0.25) is 15.9 Å². The van der Waals surface area contributed by atoms with Crippen molar-refractivity contribution in [2.24, 2.45) is 0 Å². The molecule has 1 amide bonds.